The summed E-state index contributed by atoms with van der Waals surface area (Å²) >= 11 is 4.80. The second kappa shape index (κ2) is 6.98. The lowest BCUT2D eigenvalue weighted by molar-refractivity contribution is 0.0935. The number of pyridine rings is 1. The zero-order valence-corrected chi connectivity index (χ0v) is 12.1. The van der Waals surface area contributed by atoms with Gasteiger partial charge in [0.05, 0.1) is 12.2 Å². The summed E-state index contributed by atoms with van der Waals surface area (Å²) in [6, 6.07) is 1.61. The number of hydrogen-bond donors (Lipinski definition) is 2. The highest BCUT2D eigenvalue weighted by Gasteiger charge is 2.18. The number of hydrogen-bond acceptors (Lipinski definition) is 4. The fourth-order valence-electron chi connectivity index (χ4n) is 1.36. The molecule has 0 unspecified atom stereocenters. The predicted octanol–water partition coefficient (Wildman–Crippen LogP) is 1.69. The highest BCUT2D eigenvalue weighted by Crippen LogP contribution is 2.12. The summed E-state index contributed by atoms with van der Waals surface area (Å²) in [6.07, 6.45) is 5.04. The van der Waals surface area contributed by atoms with E-state index in [0.29, 0.717) is 5.56 Å². The number of thioether (sulfide) groups is 1. The molecule has 2 N–H and O–H groups in total. The van der Waals surface area contributed by atoms with Gasteiger partial charge in [-0.1, -0.05) is 0 Å². The lowest BCUT2D eigenvalue weighted by atomic mass is 10.2. The van der Waals surface area contributed by atoms with Gasteiger partial charge < -0.3 is 10.4 Å². The average molecular weight is 319 g/mol. The molecule has 0 aromatic carbocycles. The molecule has 1 aromatic rings. The van der Waals surface area contributed by atoms with Gasteiger partial charge in [0.25, 0.3) is 5.91 Å². The molecule has 0 aliphatic heterocycles. The number of aliphatic hydroxyl groups is 1. The first-order chi connectivity index (χ1) is 8.08. The minimum absolute atomic E-state index is 0.000868. The lowest BCUT2D eigenvalue weighted by Gasteiger charge is -2.21. The van der Waals surface area contributed by atoms with Gasteiger partial charge in [0.15, 0.2) is 0 Å². The summed E-state index contributed by atoms with van der Waals surface area (Å²) in [5, 5.41) is 12.0. The van der Waals surface area contributed by atoms with E-state index in [4.69, 9.17) is 5.11 Å². The van der Waals surface area contributed by atoms with Gasteiger partial charge in [-0.15, -0.1) is 0 Å². The van der Waals surface area contributed by atoms with Gasteiger partial charge in [-0.2, -0.15) is 11.8 Å². The molecular formula is C11H15BrN2O2S. The molecule has 0 aliphatic rings. The Bertz CT molecular complexity index is 385. The number of nitrogens with one attached hydrogen (secondary N) is 1. The van der Waals surface area contributed by atoms with Crippen molar-refractivity contribution < 1.29 is 9.90 Å². The third-order valence-electron chi connectivity index (χ3n) is 2.37. The highest BCUT2D eigenvalue weighted by molar-refractivity contribution is 9.10. The molecule has 6 heteroatoms. The molecular weight excluding hydrogens is 304 g/mol. The molecule has 2 atom stereocenters. The molecule has 1 aromatic heterocycles. The minimum Gasteiger partial charge on any atom is -0.395 e. The fourth-order valence-corrected chi connectivity index (χ4v) is 2.35. The Balaban J connectivity index is 2.66. The van der Waals surface area contributed by atoms with Crippen molar-refractivity contribution in [3.63, 3.8) is 0 Å². The van der Waals surface area contributed by atoms with E-state index in [0.717, 1.165) is 4.47 Å². The molecule has 1 rings (SSSR count). The van der Waals surface area contributed by atoms with Crippen LogP contribution < -0.4 is 5.32 Å². The minimum atomic E-state index is -0.182. The monoisotopic (exact) mass is 318 g/mol. The van der Waals surface area contributed by atoms with Crippen LogP contribution in [-0.2, 0) is 0 Å². The van der Waals surface area contributed by atoms with Crippen molar-refractivity contribution in [3.05, 3.63) is 28.5 Å². The van der Waals surface area contributed by atoms with E-state index < -0.39 is 0 Å². The van der Waals surface area contributed by atoms with E-state index in [1.807, 2.05) is 13.2 Å². The maximum atomic E-state index is 11.9. The second-order valence-corrected chi connectivity index (χ2v) is 5.60. The van der Waals surface area contributed by atoms with E-state index in [1.165, 1.54) is 18.0 Å². The maximum absolute atomic E-state index is 11.9. The van der Waals surface area contributed by atoms with Crippen molar-refractivity contribution in [2.75, 3.05) is 12.9 Å². The first-order valence-electron chi connectivity index (χ1n) is 5.13. The van der Waals surface area contributed by atoms with Gasteiger partial charge in [-0.25, -0.2) is 0 Å². The Morgan fingerprint density at radius 3 is 2.88 bits per heavy atom. The van der Waals surface area contributed by atoms with Crippen molar-refractivity contribution in [1.29, 1.82) is 0 Å². The van der Waals surface area contributed by atoms with Crippen molar-refractivity contribution in [1.82, 2.24) is 10.3 Å². The zero-order valence-electron chi connectivity index (χ0n) is 9.68. The van der Waals surface area contributed by atoms with Gasteiger partial charge in [0.2, 0.25) is 0 Å². The molecule has 94 valence electrons. The maximum Gasteiger partial charge on any atom is 0.253 e. The van der Waals surface area contributed by atoms with Crippen LogP contribution in [0.4, 0.5) is 0 Å². The van der Waals surface area contributed by atoms with Crippen LogP contribution in [0.2, 0.25) is 0 Å². The summed E-state index contributed by atoms with van der Waals surface area (Å²) in [7, 11) is 0. The van der Waals surface area contributed by atoms with Gasteiger partial charge in [0, 0.05) is 28.2 Å². The molecule has 0 fully saturated rings. The quantitative estimate of drug-likeness (QED) is 0.867. The lowest BCUT2D eigenvalue weighted by Crippen LogP contribution is -2.41. The molecule has 4 nitrogen and oxygen atoms in total. The summed E-state index contributed by atoms with van der Waals surface area (Å²) < 4.78 is 0.765. The zero-order chi connectivity index (χ0) is 12.8. The molecule has 0 saturated heterocycles. The van der Waals surface area contributed by atoms with Crippen LogP contribution in [0.1, 0.15) is 17.3 Å². The Hall–Kier alpha value is -0.590. The third-order valence-corrected chi connectivity index (χ3v) is 3.96. The Kier molecular flexibility index (Phi) is 5.94. The topological polar surface area (TPSA) is 62.2 Å². The Morgan fingerprint density at radius 1 is 1.65 bits per heavy atom. The third kappa shape index (κ3) is 4.29. The number of rotatable bonds is 5. The first kappa shape index (κ1) is 14.5. The SMILES string of the molecule is CS[C@H](CO)[C@@H](C)NC(=O)c1cncc(Br)c1. The average Bonchev–Trinajstić information content (AvgIpc) is 2.30. The Morgan fingerprint density at radius 2 is 2.35 bits per heavy atom. The van der Waals surface area contributed by atoms with Crippen LogP contribution in [0.25, 0.3) is 0 Å². The van der Waals surface area contributed by atoms with Crippen molar-refractivity contribution >= 4 is 33.6 Å². The normalized spacial score (nSPS) is 14.1. The second-order valence-electron chi connectivity index (χ2n) is 3.61. The van der Waals surface area contributed by atoms with Gasteiger partial charge in [-0.05, 0) is 35.2 Å². The Labute approximate surface area is 113 Å². The van der Waals surface area contributed by atoms with E-state index in [1.54, 1.807) is 12.3 Å². The van der Waals surface area contributed by atoms with Crippen molar-refractivity contribution in [3.8, 4) is 0 Å². The summed E-state index contributed by atoms with van der Waals surface area (Å²) in [6.45, 7) is 1.92. The van der Waals surface area contributed by atoms with Crippen LogP contribution in [0.5, 0.6) is 0 Å². The van der Waals surface area contributed by atoms with Crippen LogP contribution in [0.3, 0.4) is 0 Å². The number of halogens is 1. The molecule has 0 spiro atoms. The number of amides is 1. The van der Waals surface area contributed by atoms with Crippen LogP contribution in [0.15, 0.2) is 22.9 Å². The first-order valence-corrected chi connectivity index (χ1v) is 7.21. The van der Waals surface area contributed by atoms with E-state index in [-0.39, 0.29) is 23.8 Å². The standard InChI is InChI=1S/C11H15BrN2O2S/c1-7(10(6-15)17-2)14-11(16)8-3-9(12)5-13-4-8/h3-5,7,10,15H,6H2,1-2H3,(H,14,16)/t7-,10-/m1/s1. The van der Waals surface area contributed by atoms with Crippen molar-refractivity contribution in [2.45, 2.75) is 18.2 Å². The smallest absolute Gasteiger partial charge is 0.253 e. The molecule has 0 saturated carbocycles. The van der Waals surface area contributed by atoms with Crippen LogP contribution in [-0.4, -0.2) is 40.2 Å². The van der Waals surface area contributed by atoms with Crippen LogP contribution in [0, 0.1) is 0 Å². The number of aliphatic hydroxyl groups excluding tert-OH is 1. The fraction of sp³-hybridized carbons (Fsp3) is 0.455. The van der Waals surface area contributed by atoms with Crippen molar-refractivity contribution in [2.24, 2.45) is 0 Å². The number of nitrogens with zero attached hydrogens (tertiary/aromatic N) is 1. The number of aromatic nitrogens is 1. The van der Waals surface area contributed by atoms with Gasteiger partial charge in [0.1, 0.15) is 0 Å². The van der Waals surface area contributed by atoms with Crippen LogP contribution >= 0.6 is 27.7 Å². The van der Waals surface area contributed by atoms with Gasteiger partial charge >= 0.3 is 0 Å². The molecule has 0 aliphatic carbocycles. The van der Waals surface area contributed by atoms with E-state index in [9.17, 15) is 4.79 Å². The van der Waals surface area contributed by atoms with E-state index in [2.05, 4.69) is 26.2 Å². The molecule has 17 heavy (non-hydrogen) atoms. The summed E-state index contributed by atoms with van der Waals surface area (Å²) in [5.41, 5.74) is 0.504. The number of carbonyl (C=O) groups is 1. The predicted molar refractivity (Wildman–Crippen MR) is 73.3 cm³/mol. The summed E-state index contributed by atoms with van der Waals surface area (Å²) in [5.74, 6) is -0.182. The number of carbonyl (C=O) groups excluding carboxylic acids is 1. The molecule has 1 amide bonds. The highest BCUT2D eigenvalue weighted by atomic mass is 79.9. The summed E-state index contributed by atoms with van der Waals surface area (Å²) in [4.78, 5) is 15.8. The molecule has 0 radical (unpaired) electrons. The largest absolute Gasteiger partial charge is 0.395 e. The van der Waals surface area contributed by atoms with E-state index >= 15 is 0 Å². The molecule has 1 heterocycles. The molecule has 0 bridgehead atoms. The van der Waals surface area contributed by atoms with Gasteiger partial charge in [-0.3, -0.25) is 9.78 Å².